The number of halogens is 4. The number of hydrogen-bond donors (Lipinski definition) is 2. The lowest BCUT2D eigenvalue weighted by molar-refractivity contribution is -0.0500. The molecule has 2 aromatic rings. The number of aromatic nitrogens is 1. The van der Waals surface area contributed by atoms with Gasteiger partial charge in [-0.25, -0.2) is 4.98 Å². The highest BCUT2D eigenvalue weighted by atomic mass is 35.5. The Morgan fingerprint density at radius 1 is 1.42 bits per heavy atom. The highest BCUT2D eigenvalue weighted by Crippen LogP contribution is 2.31. The predicted molar refractivity (Wildman–Crippen MR) is 84.8 cm³/mol. The van der Waals surface area contributed by atoms with Crippen molar-refractivity contribution < 1.29 is 25.8 Å². The number of anilines is 2. The van der Waals surface area contributed by atoms with Crippen LogP contribution in [-0.2, 0) is 10.1 Å². The Balaban J connectivity index is 2.09. The van der Waals surface area contributed by atoms with E-state index in [1.165, 1.54) is 29.7 Å². The van der Waals surface area contributed by atoms with Crippen LogP contribution in [0.1, 0.15) is 5.56 Å². The van der Waals surface area contributed by atoms with E-state index in [0.29, 0.717) is 16.5 Å². The topological polar surface area (TPSA) is 107 Å². The fraction of sp³-hybridized carbons (Fsp3) is 0.0909. The van der Waals surface area contributed by atoms with Gasteiger partial charge in [-0.3, -0.25) is 5.43 Å². The van der Waals surface area contributed by atoms with Crippen molar-refractivity contribution in [3.63, 3.8) is 0 Å². The van der Waals surface area contributed by atoms with E-state index in [1.807, 2.05) is 0 Å². The molecule has 0 aliphatic heterocycles. The molecule has 1 aromatic carbocycles. The Morgan fingerprint density at radius 3 is 2.67 bits per heavy atom. The van der Waals surface area contributed by atoms with Crippen LogP contribution >= 0.6 is 22.9 Å². The number of nitrogens with one attached hydrogen (secondary N) is 1. The van der Waals surface area contributed by atoms with Gasteiger partial charge < -0.3 is 9.92 Å². The lowest BCUT2D eigenvalue weighted by Crippen LogP contribution is -2.28. The van der Waals surface area contributed by atoms with Crippen molar-refractivity contribution >= 4 is 50.2 Å². The zero-order valence-corrected chi connectivity index (χ0v) is 13.8. The van der Waals surface area contributed by atoms with Crippen LogP contribution in [0.4, 0.5) is 24.1 Å². The molecule has 0 saturated heterocycles. The number of nitrogen functional groups attached to an aromatic ring is 1. The van der Waals surface area contributed by atoms with E-state index in [1.54, 1.807) is 5.38 Å². The summed E-state index contributed by atoms with van der Waals surface area (Å²) in [6, 6.07) is 3.44. The number of nitrogens with two attached hydrogens (primary N) is 1. The van der Waals surface area contributed by atoms with Crippen LogP contribution in [0.3, 0.4) is 0 Å². The molecule has 0 bridgehead atoms. The third-order valence-corrected chi connectivity index (χ3v) is 4.36. The monoisotopic (exact) mass is 400 g/mol. The Morgan fingerprint density at radius 2 is 2.12 bits per heavy atom. The second-order valence-electron chi connectivity index (χ2n) is 4.12. The summed E-state index contributed by atoms with van der Waals surface area (Å²) in [5.74, 6) is -0.320. The molecule has 0 atom stereocenters. The van der Waals surface area contributed by atoms with E-state index >= 15 is 0 Å². The fourth-order valence-electron chi connectivity index (χ4n) is 1.33. The van der Waals surface area contributed by atoms with Gasteiger partial charge in [-0.2, -0.15) is 26.7 Å². The molecule has 0 radical (unpaired) electrons. The molecule has 0 unspecified atom stereocenters. The van der Waals surface area contributed by atoms with Crippen molar-refractivity contribution in [1.29, 1.82) is 0 Å². The first-order valence-electron chi connectivity index (χ1n) is 5.89. The zero-order valence-electron chi connectivity index (χ0n) is 11.4. The number of rotatable bonds is 5. The predicted octanol–water partition coefficient (Wildman–Crippen LogP) is 3.05. The van der Waals surface area contributed by atoms with Crippen LogP contribution in [0.15, 0.2) is 28.7 Å². The Kier molecular flexibility index (Phi) is 5.20. The smallest absolute Gasteiger partial charge is 0.383 e. The molecular weight excluding hydrogens is 393 g/mol. The molecule has 0 aliphatic rings. The molecule has 0 fully saturated rings. The molecule has 2 rings (SSSR count). The summed E-state index contributed by atoms with van der Waals surface area (Å²) < 4.78 is 62.6. The molecule has 24 heavy (non-hydrogen) atoms. The second kappa shape index (κ2) is 6.83. The summed E-state index contributed by atoms with van der Waals surface area (Å²) in [6.07, 6.45) is 1.30. The van der Waals surface area contributed by atoms with Gasteiger partial charge >= 0.3 is 15.6 Å². The standard InChI is InChI=1S/C11H8ClF3N4O3S2/c12-7-3-6(4-17-19-10-18-9(16)5-23-10)1-2-8(7)22-24(20,21)11(13,14)15/h1-5H,16H2,(H,18,19). The SMILES string of the molecule is Nc1csc(NN=Cc2ccc(OS(=O)(=O)C(F)(F)F)c(Cl)c2)n1. The van der Waals surface area contributed by atoms with Crippen molar-refractivity contribution in [2.45, 2.75) is 5.51 Å². The van der Waals surface area contributed by atoms with Crippen molar-refractivity contribution in [3.8, 4) is 5.75 Å². The minimum absolute atomic E-state index is 0.327. The minimum Gasteiger partial charge on any atom is -0.383 e. The summed E-state index contributed by atoms with van der Waals surface area (Å²) in [5.41, 5.74) is 2.85. The maximum Gasteiger partial charge on any atom is 0.534 e. The number of hydrazone groups is 1. The Hall–Kier alpha value is -2.05. The Bertz CT molecular complexity index is 868. The highest BCUT2D eigenvalue weighted by molar-refractivity contribution is 7.88. The average Bonchev–Trinajstić information content (AvgIpc) is 2.86. The molecule has 0 saturated carbocycles. The van der Waals surface area contributed by atoms with Gasteiger partial charge in [0.05, 0.1) is 11.2 Å². The zero-order chi connectivity index (χ0) is 18.0. The van der Waals surface area contributed by atoms with E-state index in [9.17, 15) is 21.6 Å². The van der Waals surface area contributed by atoms with Gasteiger partial charge in [0.15, 0.2) is 5.75 Å². The van der Waals surface area contributed by atoms with E-state index in [0.717, 1.165) is 6.07 Å². The summed E-state index contributed by atoms with van der Waals surface area (Å²) in [7, 11) is -5.79. The van der Waals surface area contributed by atoms with E-state index < -0.39 is 21.4 Å². The maximum absolute atomic E-state index is 12.3. The summed E-state index contributed by atoms with van der Waals surface area (Å²) in [6.45, 7) is 0. The lowest BCUT2D eigenvalue weighted by atomic mass is 10.2. The van der Waals surface area contributed by atoms with Gasteiger partial charge in [-0.05, 0) is 23.8 Å². The molecule has 3 N–H and O–H groups in total. The number of thiazole rings is 1. The van der Waals surface area contributed by atoms with Gasteiger partial charge in [-0.15, -0.1) is 11.3 Å². The summed E-state index contributed by atoms with van der Waals surface area (Å²) in [5, 5.41) is 5.54. The third kappa shape index (κ3) is 4.49. The van der Waals surface area contributed by atoms with Gasteiger partial charge in [0.25, 0.3) is 0 Å². The average molecular weight is 401 g/mol. The van der Waals surface area contributed by atoms with Crippen LogP contribution in [0, 0.1) is 0 Å². The quantitative estimate of drug-likeness (QED) is 0.346. The second-order valence-corrected chi connectivity index (χ2v) is 6.92. The van der Waals surface area contributed by atoms with Gasteiger partial charge in [0.2, 0.25) is 5.13 Å². The van der Waals surface area contributed by atoms with E-state index in [2.05, 4.69) is 19.7 Å². The Labute approximate surface area is 143 Å². The number of nitrogens with zero attached hydrogens (tertiary/aromatic N) is 2. The summed E-state index contributed by atoms with van der Waals surface area (Å²) in [4.78, 5) is 3.89. The van der Waals surface area contributed by atoms with Crippen molar-refractivity contribution in [2.24, 2.45) is 5.10 Å². The normalized spacial score (nSPS) is 12.5. The van der Waals surface area contributed by atoms with Gasteiger partial charge in [-0.1, -0.05) is 11.6 Å². The first-order chi connectivity index (χ1) is 11.1. The molecule has 1 heterocycles. The molecule has 7 nitrogen and oxygen atoms in total. The molecule has 130 valence electrons. The van der Waals surface area contributed by atoms with Crippen LogP contribution < -0.4 is 15.3 Å². The first kappa shape index (κ1) is 18.3. The fourth-order valence-corrected chi connectivity index (χ4v) is 2.63. The largest absolute Gasteiger partial charge is 0.534 e. The van der Waals surface area contributed by atoms with Crippen LogP contribution in [0.2, 0.25) is 5.02 Å². The van der Waals surface area contributed by atoms with E-state index in [-0.39, 0.29) is 5.02 Å². The highest BCUT2D eigenvalue weighted by Gasteiger charge is 2.48. The molecular formula is C11H8ClF3N4O3S2. The number of benzene rings is 1. The van der Waals surface area contributed by atoms with E-state index in [4.69, 9.17) is 17.3 Å². The van der Waals surface area contributed by atoms with Crippen molar-refractivity contribution in [2.75, 3.05) is 11.2 Å². The lowest BCUT2D eigenvalue weighted by Gasteiger charge is -2.10. The first-order valence-corrected chi connectivity index (χ1v) is 8.55. The van der Waals surface area contributed by atoms with Gasteiger partial charge in [0, 0.05) is 5.38 Å². The third-order valence-electron chi connectivity index (χ3n) is 2.33. The molecule has 13 heteroatoms. The minimum atomic E-state index is -5.79. The van der Waals surface area contributed by atoms with Crippen molar-refractivity contribution in [3.05, 3.63) is 34.2 Å². The van der Waals surface area contributed by atoms with Crippen LogP contribution in [0.25, 0.3) is 0 Å². The van der Waals surface area contributed by atoms with Gasteiger partial charge in [0.1, 0.15) is 5.82 Å². The summed E-state index contributed by atoms with van der Waals surface area (Å²) >= 11 is 6.94. The molecule has 0 aliphatic carbocycles. The number of alkyl halides is 3. The molecule has 0 spiro atoms. The molecule has 0 amide bonds. The maximum atomic E-state index is 12.3. The van der Waals surface area contributed by atoms with Crippen LogP contribution in [-0.4, -0.2) is 25.1 Å². The molecule has 1 aromatic heterocycles. The van der Waals surface area contributed by atoms with Crippen molar-refractivity contribution in [1.82, 2.24) is 4.98 Å². The number of hydrogen-bond acceptors (Lipinski definition) is 8. The van der Waals surface area contributed by atoms with Crippen LogP contribution in [0.5, 0.6) is 5.75 Å².